The molecule has 19 heavy (non-hydrogen) atoms. The van der Waals surface area contributed by atoms with Crippen molar-refractivity contribution in [2.75, 3.05) is 0 Å². The minimum absolute atomic E-state index is 0.0312. The van der Waals surface area contributed by atoms with Crippen LogP contribution < -0.4 is 5.32 Å². The standard InChI is InChI=1S/C13H15Cl2NO3/c1-2-3-11(13(18)19)16-12(17)6-8-4-5-9(14)7-10(8)15/h4-5,7,11H,2-3,6H2,1H3,(H,16,17)(H,18,19)/t11-/m0/s1. The van der Waals surface area contributed by atoms with Crippen molar-refractivity contribution < 1.29 is 14.7 Å². The summed E-state index contributed by atoms with van der Waals surface area (Å²) in [5, 5.41) is 12.3. The van der Waals surface area contributed by atoms with E-state index in [1.807, 2.05) is 6.92 Å². The van der Waals surface area contributed by atoms with Crippen molar-refractivity contribution in [2.24, 2.45) is 0 Å². The molecule has 2 N–H and O–H groups in total. The lowest BCUT2D eigenvalue weighted by Crippen LogP contribution is -2.41. The maximum absolute atomic E-state index is 11.8. The van der Waals surface area contributed by atoms with Crippen molar-refractivity contribution in [3.8, 4) is 0 Å². The first-order valence-corrected chi connectivity index (χ1v) is 6.65. The van der Waals surface area contributed by atoms with Gasteiger partial charge in [0.15, 0.2) is 0 Å². The molecule has 0 aliphatic carbocycles. The minimum Gasteiger partial charge on any atom is -0.480 e. The highest BCUT2D eigenvalue weighted by molar-refractivity contribution is 6.35. The number of carbonyl (C=O) groups excluding carboxylic acids is 1. The Kier molecular flexibility index (Phi) is 6.12. The fourth-order valence-electron chi connectivity index (χ4n) is 1.63. The predicted octanol–water partition coefficient (Wildman–Crippen LogP) is 2.91. The van der Waals surface area contributed by atoms with Crippen LogP contribution in [0.1, 0.15) is 25.3 Å². The zero-order valence-corrected chi connectivity index (χ0v) is 12.0. The molecule has 0 aromatic heterocycles. The number of carboxylic acid groups (broad SMARTS) is 1. The number of rotatable bonds is 6. The number of hydrogen-bond acceptors (Lipinski definition) is 2. The predicted molar refractivity (Wildman–Crippen MR) is 74.6 cm³/mol. The molecule has 1 rings (SSSR count). The molecule has 4 nitrogen and oxygen atoms in total. The third-order valence-corrected chi connectivity index (χ3v) is 3.16. The summed E-state index contributed by atoms with van der Waals surface area (Å²) < 4.78 is 0. The van der Waals surface area contributed by atoms with E-state index in [4.69, 9.17) is 28.3 Å². The summed E-state index contributed by atoms with van der Waals surface area (Å²) in [5.41, 5.74) is 0.615. The van der Waals surface area contributed by atoms with Gasteiger partial charge in [0.2, 0.25) is 5.91 Å². The van der Waals surface area contributed by atoms with Crippen molar-refractivity contribution in [1.82, 2.24) is 5.32 Å². The van der Waals surface area contributed by atoms with Gasteiger partial charge in [-0.3, -0.25) is 4.79 Å². The lowest BCUT2D eigenvalue weighted by atomic mass is 10.1. The van der Waals surface area contributed by atoms with E-state index in [2.05, 4.69) is 5.32 Å². The van der Waals surface area contributed by atoms with Gasteiger partial charge in [0.05, 0.1) is 6.42 Å². The summed E-state index contributed by atoms with van der Waals surface area (Å²) in [4.78, 5) is 22.7. The number of carbonyl (C=O) groups is 2. The van der Waals surface area contributed by atoms with Crippen molar-refractivity contribution in [2.45, 2.75) is 32.2 Å². The highest BCUT2D eigenvalue weighted by Crippen LogP contribution is 2.21. The van der Waals surface area contributed by atoms with Crippen LogP contribution in [-0.4, -0.2) is 23.0 Å². The summed E-state index contributed by atoms with van der Waals surface area (Å²) in [5.74, 6) is -1.40. The Morgan fingerprint density at radius 3 is 2.58 bits per heavy atom. The lowest BCUT2D eigenvalue weighted by molar-refractivity contribution is -0.141. The normalized spacial score (nSPS) is 11.9. The summed E-state index contributed by atoms with van der Waals surface area (Å²) in [6.45, 7) is 1.86. The van der Waals surface area contributed by atoms with E-state index < -0.39 is 12.0 Å². The van der Waals surface area contributed by atoms with E-state index in [0.717, 1.165) is 0 Å². The van der Waals surface area contributed by atoms with E-state index in [1.54, 1.807) is 18.2 Å². The van der Waals surface area contributed by atoms with Gasteiger partial charge in [-0.1, -0.05) is 42.6 Å². The summed E-state index contributed by atoms with van der Waals surface area (Å²) in [6.07, 6.45) is 1.11. The van der Waals surface area contributed by atoms with Crippen LogP contribution in [0.4, 0.5) is 0 Å². The van der Waals surface area contributed by atoms with Crippen LogP contribution in [-0.2, 0) is 16.0 Å². The molecule has 0 aliphatic heterocycles. The number of nitrogens with one attached hydrogen (secondary N) is 1. The Morgan fingerprint density at radius 2 is 2.05 bits per heavy atom. The van der Waals surface area contributed by atoms with Gasteiger partial charge in [0.25, 0.3) is 0 Å². The number of halogens is 2. The van der Waals surface area contributed by atoms with Crippen molar-refractivity contribution in [1.29, 1.82) is 0 Å². The second-order valence-corrected chi connectivity index (χ2v) is 5.00. The minimum atomic E-state index is -1.03. The molecule has 6 heteroatoms. The summed E-state index contributed by atoms with van der Waals surface area (Å²) >= 11 is 11.7. The van der Waals surface area contributed by atoms with Gasteiger partial charge in [-0.05, 0) is 24.1 Å². The van der Waals surface area contributed by atoms with Gasteiger partial charge in [-0.15, -0.1) is 0 Å². The molecule has 0 aliphatic rings. The molecule has 1 atom stereocenters. The largest absolute Gasteiger partial charge is 0.480 e. The Hall–Kier alpha value is -1.26. The van der Waals surface area contributed by atoms with E-state index in [9.17, 15) is 9.59 Å². The number of amides is 1. The fourth-order valence-corrected chi connectivity index (χ4v) is 2.10. The Bertz CT molecular complexity index is 477. The van der Waals surface area contributed by atoms with Crippen LogP contribution >= 0.6 is 23.2 Å². The van der Waals surface area contributed by atoms with Crippen LogP contribution in [0.15, 0.2) is 18.2 Å². The molecule has 1 aromatic carbocycles. The molecule has 0 radical (unpaired) electrons. The third-order valence-electron chi connectivity index (χ3n) is 2.58. The molecule has 0 saturated heterocycles. The van der Waals surface area contributed by atoms with Crippen molar-refractivity contribution >= 4 is 35.1 Å². The number of hydrogen-bond donors (Lipinski definition) is 2. The first-order chi connectivity index (χ1) is 8.93. The topological polar surface area (TPSA) is 66.4 Å². The molecule has 0 bridgehead atoms. The van der Waals surface area contributed by atoms with E-state index in [1.165, 1.54) is 0 Å². The van der Waals surface area contributed by atoms with Crippen LogP contribution in [0.25, 0.3) is 0 Å². The maximum atomic E-state index is 11.8. The Labute approximate surface area is 121 Å². The van der Waals surface area contributed by atoms with Gasteiger partial charge in [-0.25, -0.2) is 4.79 Å². The zero-order chi connectivity index (χ0) is 14.4. The molecule has 0 unspecified atom stereocenters. The van der Waals surface area contributed by atoms with E-state index in [-0.39, 0.29) is 12.3 Å². The smallest absolute Gasteiger partial charge is 0.326 e. The van der Waals surface area contributed by atoms with Gasteiger partial charge in [0.1, 0.15) is 6.04 Å². The average molecular weight is 304 g/mol. The molecule has 0 fully saturated rings. The summed E-state index contributed by atoms with van der Waals surface area (Å²) in [6, 6.07) is 3.98. The fraction of sp³-hybridized carbons (Fsp3) is 0.385. The Morgan fingerprint density at radius 1 is 1.37 bits per heavy atom. The second-order valence-electron chi connectivity index (χ2n) is 4.16. The van der Waals surface area contributed by atoms with Gasteiger partial charge in [-0.2, -0.15) is 0 Å². The summed E-state index contributed by atoms with van der Waals surface area (Å²) in [7, 11) is 0. The van der Waals surface area contributed by atoms with Gasteiger partial charge >= 0.3 is 5.97 Å². The van der Waals surface area contributed by atoms with Gasteiger partial charge in [0, 0.05) is 10.0 Å². The van der Waals surface area contributed by atoms with Crippen molar-refractivity contribution in [3.05, 3.63) is 33.8 Å². The van der Waals surface area contributed by atoms with E-state index in [0.29, 0.717) is 28.5 Å². The molecule has 104 valence electrons. The first kappa shape index (κ1) is 15.8. The molecule has 0 saturated carbocycles. The number of carboxylic acids is 1. The SMILES string of the molecule is CCC[C@H](NC(=O)Cc1ccc(Cl)cc1Cl)C(=O)O. The van der Waals surface area contributed by atoms with Crippen LogP contribution in [0.3, 0.4) is 0 Å². The molecule has 0 spiro atoms. The quantitative estimate of drug-likeness (QED) is 0.849. The highest BCUT2D eigenvalue weighted by atomic mass is 35.5. The molecular weight excluding hydrogens is 289 g/mol. The molecule has 1 aromatic rings. The second kappa shape index (κ2) is 7.36. The monoisotopic (exact) mass is 303 g/mol. The molecular formula is C13H15Cl2NO3. The Balaban J connectivity index is 2.66. The first-order valence-electron chi connectivity index (χ1n) is 5.90. The zero-order valence-electron chi connectivity index (χ0n) is 10.5. The number of aliphatic carboxylic acids is 1. The average Bonchev–Trinajstić information content (AvgIpc) is 2.32. The lowest BCUT2D eigenvalue weighted by Gasteiger charge is -2.13. The van der Waals surface area contributed by atoms with Crippen molar-refractivity contribution in [3.63, 3.8) is 0 Å². The van der Waals surface area contributed by atoms with Crippen LogP contribution in [0.2, 0.25) is 10.0 Å². The highest BCUT2D eigenvalue weighted by Gasteiger charge is 2.19. The third kappa shape index (κ3) is 5.09. The number of benzene rings is 1. The maximum Gasteiger partial charge on any atom is 0.326 e. The molecule has 1 amide bonds. The van der Waals surface area contributed by atoms with Crippen LogP contribution in [0.5, 0.6) is 0 Å². The van der Waals surface area contributed by atoms with Crippen LogP contribution in [0, 0.1) is 0 Å². The molecule has 0 heterocycles. The van der Waals surface area contributed by atoms with Gasteiger partial charge < -0.3 is 10.4 Å². The van der Waals surface area contributed by atoms with E-state index >= 15 is 0 Å².